The Kier molecular flexibility index (Phi) is 3.84. The summed E-state index contributed by atoms with van der Waals surface area (Å²) in [6.45, 7) is 3.83. The third-order valence-corrected chi connectivity index (χ3v) is 5.36. The van der Waals surface area contributed by atoms with E-state index in [0.717, 1.165) is 42.0 Å². The Labute approximate surface area is 144 Å². The van der Waals surface area contributed by atoms with Gasteiger partial charge in [0.15, 0.2) is 0 Å². The number of fused-ring (bicyclic) bond motifs is 3. The highest BCUT2D eigenvalue weighted by Gasteiger charge is 2.38. The average molecular weight is 369 g/mol. The van der Waals surface area contributed by atoms with Crippen molar-refractivity contribution in [2.75, 3.05) is 19.7 Å². The van der Waals surface area contributed by atoms with Crippen molar-refractivity contribution < 1.29 is 4.74 Å². The Morgan fingerprint density at radius 1 is 1.17 bits per heavy atom. The van der Waals surface area contributed by atoms with Crippen molar-refractivity contribution in [3.05, 3.63) is 63.6 Å². The number of benzene rings is 2. The van der Waals surface area contributed by atoms with Gasteiger partial charge < -0.3 is 4.74 Å². The lowest BCUT2D eigenvalue weighted by molar-refractivity contribution is 0.212. The first kappa shape index (κ1) is 14.7. The molecule has 0 unspecified atom stereocenters. The smallest absolute Gasteiger partial charge is 0.122 e. The summed E-state index contributed by atoms with van der Waals surface area (Å²) >= 11 is 3.48. The van der Waals surface area contributed by atoms with Crippen molar-refractivity contribution in [3.8, 4) is 11.8 Å². The summed E-state index contributed by atoms with van der Waals surface area (Å²) in [7, 11) is 0. The first-order valence-corrected chi connectivity index (χ1v) is 8.66. The maximum absolute atomic E-state index is 9.14. The zero-order valence-electron chi connectivity index (χ0n) is 12.7. The fraction of sp³-hybridized carbons (Fsp3) is 0.316. The summed E-state index contributed by atoms with van der Waals surface area (Å²) < 4.78 is 7.02. The van der Waals surface area contributed by atoms with Gasteiger partial charge in [-0.25, -0.2) is 0 Å². The van der Waals surface area contributed by atoms with E-state index >= 15 is 0 Å². The van der Waals surface area contributed by atoms with Crippen molar-refractivity contribution in [2.24, 2.45) is 5.92 Å². The maximum Gasteiger partial charge on any atom is 0.122 e. The molecular weight excluding hydrogens is 352 g/mol. The minimum Gasteiger partial charge on any atom is -0.493 e. The van der Waals surface area contributed by atoms with Gasteiger partial charge in [-0.05, 0) is 35.9 Å². The van der Waals surface area contributed by atoms with E-state index in [-0.39, 0.29) is 0 Å². The van der Waals surface area contributed by atoms with Crippen LogP contribution in [0.25, 0.3) is 0 Å². The van der Waals surface area contributed by atoms with Crippen LogP contribution < -0.4 is 4.74 Å². The average Bonchev–Trinajstić information content (AvgIpc) is 2.99. The van der Waals surface area contributed by atoms with Crippen molar-refractivity contribution in [1.29, 1.82) is 5.26 Å². The molecule has 0 N–H and O–H groups in total. The van der Waals surface area contributed by atoms with Crippen LogP contribution in [0.5, 0.6) is 5.75 Å². The lowest BCUT2D eigenvalue weighted by atomic mass is 9.86. The Morgan fingerprint density at radius 3 is 2.78 bits per heavy atom. The first-order chi connectivity index (χ1) is 11.2. The summed E-state index contributed by atoms with van der Waals surface area (Å²) in [5.74, 6) is 1.95. The van der Waals surface area contributed by atoms with Crippen LogP contribution in [0, 0.1) is 17.2 Å². The molecule has 1 fully saturated rings. The zero-order valence-corrected chi connectivity index (χ0v) is 14.3. The quantitative estimate of drug-likeness (QED) is 0.805. The van der Waals surface area contributed by atoms with Crippen LogP contribution in [0.3, 0.4) is 0 Å². The van der Waals surface area contributed by atoms with E-state index in [9.17, 15) is 0 Å². The molecule has 0 aromatic heterocycles. The number of nitrogens with zero attached hydrogens (tertiary/aromatic N) is 2. The summed E-state index contributed by atoms with van der Waals surface area (Å²) in [5, 5.41) is 9.14. The van der Waals surface area contributed by atoms with E-state index in [1.54, 1.807) is 0 Å². The Balaban J connectivity index is 1.54. The monoisotopic (exact) mass is 368 g/mol. The number of hydrogen-bond acceptors (Lipinski definition) is 3. The second kappa shape index (κ2) is 5.99. The molecule has 0 spiro atoms. The van der Waals surface area contributed by atoms with E-state index < -0.39 is 0 Å². The molecule has 2 atom stereocenters. The molecule has 2 aliphatic rings. The minimum absolute atomic E-state index is 0.475. The molecule has 0 saturated carbocycles. The van der Waals surface area contributed by atoms with Crippen molar-refractivity contribution >= 4 is 15.9 Å². The number of ether oxygens (including phenoxy) is 1. The molecule has 23 heavy (non-hydrogen) atoms. The standard InChI is InChI=1S/C19H17BrN2O/c20-16-4-1-13(2-5-16)9-22-10-15-12-23-19-6-3-14(8-21)7-17(19)18(15)11-22/h1-7,15,18H,9-12H2/t15-,18+/m0/s1. The van der Waals surface area contributed by atoms with Gasteiger partial charge in [0.25, 0.3) is 0 Å². The lowest BCUT2D eigenvalue weighted by Gasteiger charge is -2.27. The normalized spacial score (nSPS) is 22.8. The Hall–Kier alpha value is -1.83. The largest absolute Gasteiger partial charge is 0.493 e. The van der Waals surface area contributed by atoms with Crippen LogP contribution in [0.1, 0.15) is 22.6 Å². The second-order valence-corrected chi connectivity index (χ2v) is 7.28. The number of hydrogen-bond donors (Lipinski definition) is 0. The molecule has 2 heterocycles. The van der Waals surface area contributed by atoms with E-state index in [0.29, 0.717) is 11.8 Å². The first-order valence-electron chi connectivity index (χ1n) is 7.86. The third-order valence-electron chi connectivity index (χ3n) is 4.83. The molecule has 2 aromatic carbocycles. The van der Waals surface area contributed by atoms with Gasteiger partial charge in [0, 0.05) is 41.5 Å². The SMILES string of the molecule is N#Cc1ccc2c(c1)[C@@H]1CN(Cc3ccc(Br)cc3)C[C@H]1CO2. The Morgan fingerprint density at radius 2 is 2.00 bits per heavy atom. The van der Waals surface area contributed by atoms with Crippen LogP contribution in [-0.4, -0.2) is 24.6 Å². The van der Waals surface area contributed by atoms with Crippen molar-refractivity contribution in [2.45, 2.75) is 12.5 Å². The van der Waals surface area contributed by atoms with E-state index in [1.165, 1.54) is 11.1 Å². The molecule has 2 aromatic rings. The fourth-order valence-corrected chi connectivity index (χ4v) is 3.96. The highest BCUT2D eigenvalue weighted by molar-refractivity contribution is 9.10. The van der Waals surface area contributed by atoms with Gasteiger partial charge in [-0.15, -0.1) is 0 Å². The number of nitriles is 1. The molecule has 1 saturated heterocycles. The topological polar surface area (TPSA) is 36.3 Å². The lowest BCUT2D eigenvalue weighted by Crippen LogP contribution is -2.25. The molecular formula is C19H17BrN2O. The highest BCUT2D eigenvalue weighted by Crippen LogP contribution is 2.42. The molecule has 116 valence electrons. The molecule has 3 nitrogen and oxygen atoms in total. The van der Waals surface area contributed by atoms with Gasteiger partial charge in [-0.2, -0.15) is 5.26 Å². The van der Waals surface area contributed by atoms with Crippen LogP contribution in [-0.2, 0) is 6.54 Å². The molecule has 0 radical (unpaired) electrons. The van der Waals surface area contributed by atoms with Gasteiger partial charge in [0.05, 0.1) is 18.2 Å². The van der Waals surface area contributed by atoms with Gasteiger partial charge in [0.2, 0.25) is 0 Å². The fourth-order valence-electron chi connectivity index (χ4n) is 3.69. The molecule has 4 rings (SSSR count). The van der Waals surface area contributed by atoms with Gasteiger partial charge in [-0.3, -0.25) is 4.90 Å². The molecule has 0 bridgehead atoms. The van der Waals surface area contributed by atoms with Crippen LogP contribution in [0.15, 0.2) is 46.9 Å². The number of likely N-dealkylation sites (tertiary alicyclic amines) is 1. The van der Waals surface area contributed by atoms with E-state index in [4.69, 9.17) is 10.00 Å². The molecule has 2 aliphatic heterocycles. The Bertz CT molecular complexity index is 766. The molecule has 0 amide bonds. The van der Waals surface area contributed by atoms with Crippen molar-refractivity contribution in [3.63, 3.8) is 0 Å². The summed E-state index contributed by atoms with van der Waals surface area (Å²) in [5.41, 5.74) is 3.26. The van der Waals surface area contributed by atoms with Crippen LogP contribution >= 0.6 is 15.9 Å². The number of halogens is 1. The molecule has 0 aliphatic carbocycles. The number of rotatable bonds is 2. The van der Waals surface area contributed by atoms with Crippen molar-refractivity contribution in [1.82, 2.24) is 4.90 Å². The third kappa shape index (κ3) is 2.87. The van der Waals surface area contributed by atoms with Crippen LogP contribution in [0.2, 0.25) is 0 Å². The summed E-state index contributed by atoms with van der Waals surface area (Å²) in [6, 6.07) is 16.6. The zero-order chi connectivity index (χ0) is 15.8. The maximum atomic E-state index is 9.14. The molecule has 4 heteroatoms. The predicted octanol–water partition coefficient (Wildman–Crippen LogP) is 3.93. The summed E-state index contributed by atoms with van der Waals surface area (Å²) in [6.07, 6.45) is 0. The van der Waals surface area contributed by atoms with Gasteiger partial charge in [0.1, 0.15) is 5.75 Å². The highest BCUT2D eigenvalue weighted by atomic mass is 79.9. The predicted molar refractivity (Wildman–Crippen MR) is 92.3 cm³/mol. The minimum atomic E-state index is 0.475. The second-order valence-electron chi connectivity index (χ2n) is 6.36. The van der Waals surface area contributed by atoms with E-state index in [2.05, 4.69) is 51.2 Å². The van der Waals surface area contributed by atoms with Gasteiger partial charge >= 0.3 is 0 Å². The summed E-state index contributed by atoms with van der Waals surface area (Å²) in [4.78, 5) is 2.50. The van der Waals surface area contributed by atoms with Gasteiger partial charge in [-0.1, -0.05) is 28.1 Å². The van der Waals surface area contributed by atoms with Crippen LogP contribution in [0.4, 0.5) is 0 Å². The van der Waals surface area contributed by atoms with E-state index in [1.807, 2.05) is 18.2 Å².